The Morgan fingerprint density at radius 3 is 3.07 bits per heavy atom. The van der Waals surface area contributed by atoms with Gasteiger partial charge in [-0.25, -0.2) is 0 Å². The monoisotopic (exact) mass is 283 g/mol. The fourth-order valence-electron chi connectivity index (χ4n) is 1.70. The maximum atomic E-state index is 3.53. The Hall–Kier alpha value is -0.380. The molecule has 0 fully saturated rings. The first kappa shape index (κ1) is 11.1. The van der Waals surface area contributed by atoms with Crippen molar-refractivity contribution in [2.45, 2.75) is 12.8 Å². The number of halogens is 1. The summed E-state index contributed by atoms with van der Waals surface area (Å²) in [4.78, 5) is 0. The standard InChI is InChI=1S/C12H14BrNS/c1-14-6-2-3-9-8-15-12-5-4-10(13)7-11(9)12/h4-5,7-8,14H,2-3,6H2,1H3. The van der Waals surface area contributed by atoms with E-state index in [2.05, 4.69) is 44.8 Å². The molecule has 0 aliphatic carbocycles. The molecule has 0 aliphatic heterocycles. The lowest BCUT2D eigenvalue weighted by molar-refractivity contribution is 0.727. The molecule has 2 rings (SSSR count). The first-order valence-electron chi connectivity index (χ1n) is 5.11. The Morgan fingerprint density at radius 1 is 1.40 bits per heavy atom. The van der Waals surface area contributed by atoms with Crippen molar-refractivity contribution in [1.29, 1.82) is 0 Å². The van der Waals surface area contributed by atoms with E-state index in [4.69, 9.17) is 0 Å². The van der Waals surface area contributed by atoms with Crippen LogP contribution in [0.25, 0.3) is 10.1 Å². The molecule has 80 valence electrons. The molecule has 0 atom stereocenters. The average Bonchev–Trinajstić information content (AvgIpc) is 2.62. The molecular formula is C12H14BrNS. The molecule has 0 spiro atoms. The minimum atomic E-state index is 1.09. The van der Waals surface area contributed by atoms with Crippen LogP contribution in [0.3, 0.4) is 0 Å². The summed E-state index contributed by atoms with van der Waals surface area (Å²) in [6, 6.07) is 6.52. The predicted molar refractivity (Wildman–Crippen MR) is 71.8 cm³/mol. The number of rotatable bonds is 4. The van der Waals surface area contributed by atoms with E-state index in [0.717, 1.165) is 13.0 Å². The van der Waals surface area contributed by atoms with E-state index < -0.39 is 0 Å². The largest absolute Gasteiger partial charge is 0.320 e. The lowest BCUT2D eigenvalue weighted by Crippen LogP contribution is -2.08. The highest BCUT2D eigenvalue weighted by Gasteiger charge is 2.03. The Balaban J connectivity index is 2.23. The van der Waals surface area contributed by atoms with Gasteiger partial charge in [0.1, 0.15) is 0 Å². The number of aryl methyl sites for hydroxylation is 1. The first-order valence-corrected chi connectivity index (χ1v) is 6.79. The van der Waals surface area contributed by atoms with E-state index in [-0.39, 0.29) is 0 Å². The molecule has 1 N–H and O–H groups in total. The summed E-state index contributed by atoms with van der Waals surface area (Å²) in [5, 5.41) is 6.88. The van der Waals surface area contributed by atoms with E-state index in [1.165, 1.54) is 26.5 Å². The number of fused-ring (bicyclic) bond motifs is 1. The number of thiophene rings is 1. The molecule has 0 unspecified atom stereocenters. The minimum absolute atomic E-state index is 1.09. The molecule has 1 aromatic heterocycles. The van der Waals surface area contributed by atoms with Gasteiger partial charge in [-0.2, -0.15) is 0 Å². The van der Waals surface area contributed by atoms with Gasteiger partial charge in [0, 0.05) is 9.17 Å². The Morgan fingerprint density at radius 2 is 2.27 bits per heavy atom. The van der Waals surface area contributed by atoms with E-state index in [1.54, 1.807) is 0 Å². The van der Waals surface area contributed by atoms with Crippen molar-refractivity contribution in [2.24, 2.45) is 0 Å². The molecule has 3 heteroatoms. The highest BCUT2D eigenvalue weighted by Crippen LogP contribution is 2.29. The second kappa shape index (κ2) is 5.10. The summed E-state index contributed by atoms with van der Waals surface area (Å²) in [7, 11) is 2.00. The molecule has 0 radical (unpaired) electrons. The van der Waals surface area contributed by atoms with Crippen LogP contribution in [-0.4, -0.2) is 13.6 Å². The van der Waals surface area contributed by atoms with Crippen LogP contribution < -0.4 is 5.32 Å². The lowest BCUT2D eigenvalue weighted by Gasteiger charge is -2.00. The Bertz CT molecular complexity index is 450. The Labute approximate surface area is 103 Å². The quantitative estimate of drug-likeness (QED) is 0.842. The topological polar surface area (TPSA) is 12.0 Å². The van der Waals surface area contributed by atoms with Gasteiger partial charge >= 0.3 is 0 Å². The minimum Gasteiger partial charge on any atom is -0.320 e. The highest BCUT2D eigenvalue weighted by atomic mass is 79.9. The first-order chi connectivity index (χ1) is 7.31. The maximum Gasteiger partial charge on any atom is 0.0346 e. The number of hydrogen-bond donors (Lipinski definition) is 1. The molecule has 1 heterocycles. The van der Waals surface area contributed by atoms with E-state index in [0.29, 0.717) is 0 Å². The molecule has 1 aromatic carbocycles. The van der Waals surface area contributed by atoms with Crippen molar-refractivity contribution < 1.29 is 0 Å². The normalized spacial score (nSPS) is 11.1. The van der Waals surface area contributed by atoms with Gasteiger partial charge in [-0.1, -0.05) is 15.9 Å². The molecule has 0 aliphatic rings. The van der Waals surface area contributed by atoms with Gasteiger partial charge in [0.2, 0.25) is 0 Å². The van der Waals surface area contributed by atoms with Gasteiger partial charge in [-0.3, -0.25) is 0 Å². The summed E-state index contributed by atoms with van der Waals surface area (Å²) in [6.07, 6.45) is 2.37. The fraction of sp³-hybridized carbons (Fsp3) is 0.333. The second-order valence-corrected chi connectivity index (χ2v) is 5.44. The Kier molecular flexibility index (Phi) is 3.78. The van der Waals surface area contributed by atoms with Crippen LogP contribution in [0.5, 0.6) is 0 Å². The maximum absolute atomic E-state index is 3.53. The van der Waals surface area contributed by atoms with Gasteiger partial charge in [-0.05, 0) is 61.0 Å². The van der Waals surface area contributed by atoms with Crippen molar-refractivity contribution >= 4 is 37.4 Å². The molecule has 15 heavy (non-hydrogen) atoms. The molecule has 0 saturated heterocycles. The van der Waals surface area contributed by atoms with Crippen LogP contribution in [0.15, 0.2) is 28.1 Å². The number of nitrogens with one attached hydrogen (secondary N) is 1. The highest BCUT2D eigenvalue weighted by molar-refractivity contribution is 9.10. The summed E-state index contributed by atoms with van der Waals surface area (Å²) in [5.41, 5.74) is 1.48. The third-order valence-electron chi connectivity index (χ3n) is 2.49. The zero-order chi connectivity index (χ0) is 10.7. The van der Waals surface area contributed by atoms with Gasteiger partial charge in [0.25, 0.3) is 0 Å². The zero-order valence-corrected chi connectivity index (χ0v) is 11.1. The molecular weight excluding hydrogens is 270 g/mol. The van der Waals surface area contributed by atoms with Gasteiger partial charge < -0.3 is 5.32 Å². The molecule has 0 amide bonds. The van der Waals surface area contributed by atoms with Crippen LogP contribution in [-0.2, 0) is 6.42 Å². The van der Waals surface area contributed by atoms with Crippen LogP contribution in [0.1, 0.15) is 12.0 Å². The summed E-state index contributed by atoms with van der Waals surface area (Å²) < 4.78 is 2.56. The second-order valence-electron chi connectivity index (χ2n) is 3.61. The van der Waals surface area contributed by atoms with Crippen LogP contribution in [0.2, 0.25) is 0 Å². The van der Waals surface area contributed by atoms with Crippen molar-refractivity contribution in [3.63, 3.8) is 0 Å². The molecule has 2 aromatic rings. The fourth-order valence-corrected chi connectivity index (χ4v) is 3.04. The van der Waals surface area contributed by atoms with E-state index in [9.17, 15) is 0 Å². The third-order valence-corrected chi connectivity index (χ3v) is 3.99. The summed E-state index contributed by atoms with van der Waals surface area (Å²) in [6.45, 7) is 1.09. The number of benzene rings is 1. The van der Waals surface area contributed by atoms with Crippen LogP contribution in [0, 0.1) is 0 Å². The van der Waals surface area contributed by atoms with E-state index >= 15 is 0 Å². The molecule has 0 bridgehead atoms. The van der Waals surface area contributed by atoms with Gasteiger partial charge in [0.05, 0.1) is 0 Å². The van der Waals surface area contributed by atoms with Gasteiger partial charge in [-0.15, -0.1) is 11.3 Å². The average molecular weight is 284 g/mol. The third kappa shape index (κ3) is 2.60. The zero-order valence-electron chi connectivity index (χ0n) is 8.72. The van der Waals surface area contributed by atoms with Crippen molar-refractivity contribution in [3.05, 3.63) is 33.6 Å². The molecule has 1 nitrogen and oxygen atoms in total. The van der Waals surface area contributed by atoms with Gasteiger partial charge in [0.15, 0.2) is 0 Å². The van der Waals surface area contributed by atoms with Crippen LogP contribution in [0.4, 0.5) is 0 Å². The lowest BCUT2D eigenvalue weighted by atomic mass is 10.1. The van der Waals surface area contributed by atoms with Crippen molar-refractivity contribution in [2.75, 3.05) is 13.6 Å². The SMILES string of the molecule is CNCCCc1csc2ccc(Br)cc12. The predicted octanol–water partition coefficient (Wildman–Crippen LogP) is 3.82. The molecule has 0 saturated carbocycles. The summed E-state index contributed by atoms with van der Waals surface area (Å²) >= 11 is 5.36. The number of hydrogen-bond acceptors (Lipinski definition) is 2. The van der Waals surface area contributed by atoms with E-state index in [1.807, 2.05) is 18.4 Å². The summed E-state index contributed by atoms with van der Waals surface area (Å²) in [5.74, 6) is 0. The van der Waals surface area contributed by atoms with Crippen LogP contribution >= 0.6 is 27.3 Å². The smallest absolute Gasteiger partial charge is 0.0346 e. The van der Waals surface area contributed by atoms with Crippen molar-refractivity contribution in [1.82, 2.24) is 5.32 Å². The van der Waals surface area contributed by atoms with Crippen molar-refractivity contribution in [3.8, 4) is 0 Å².